The van der Waals surface area contributed by atoms with Gasteiger partial charge in [0.15, 0.2) is 0 Å². The first-order valence-corrected chi connectivity index (χ1v) is 15.6. The second-order valence-corrected chi connectivity index (χ2v) is 12.9. The van der Waals surface area contributed by atoms with Crippen LogP contribution in [0.25, 0.3) is 10.8 Å². The van der Waals surface area contributed by atoms with E-state index in [-0.39, 0.29) is 106 Å². The van der Waals surface area contributed by atoms with Gasteiger partial charge in [-0.15, -0.1) is 10.2 Å². The normalized spacial score (nSPS) is 12.1. The quantitative estimate of drug-likeness (QED) is 0.0797. The number of nitrogen functional groups attached to an aromatic ring is 1. The van der Waals surface area contributed by atoms with Gasteiger partial charge in [-0.25, -0.2) is 16.8 Å². The number of azo groups is 2. The summed E-state index contributed by atoms with van der Waals surface area (Å²) >= 11 is 0. The van der Waals surface area contributed by atoms with Crippen molar-refractivity contribution in [3.63, 3.8) is 0 Å². The van der Waals surface area contributed by atoms with E-state index in [0.29, 0.717) is 17.2 Å². The van der Waals surface area contributed by atoms with E-state index >= 15 is 0 Å². The first kappa shape index (κ1) is 41.7. The van der Waals surface area contributed by atoms with Crippen LogP contribution in [-0.2, 0) is 30.4 Å². The molecule has 0 unspecified atom stereocenters. The Hall–Kier alpha value is -1.33. The molecule has 0 aromatic heterocycles. The third-order valence-electron chi connectivity index (χ3n) is 5.89. The number of fused-ring (bicyclic) bond motifs is 1. The van der Waals surface area contributed by atoms with Crippen LogP contribution in [0, 0.1) is 13.8 Å². The molecular formula is C24H18N5Na3O10S3. The van der Waals surface area contributed by atoms with Crippen LogP contribution in [0.4, 0.5) is 28.4 Å². The molecule has 220 valence electrons. The van der Waals surface area contributed by atoms with E-state index in [1.54, 1.807) is 13.8 Å². The van der Waals surface area contributed by atoms with Gasteiger partial charge in [-0.1, -0.05) is 23.9 Å². The summed E-state index contributed by atoms with van der Waals surface area (Å²) in [6.07, 6.45) is 0. The zero-order valence-electron chi connectivity index (χ0n) is 24.4. The number of hydrogen-bond acceptors (Lipinski definition) is 14. The fourth-order valence-electron chi connectivity index (χ4n) is 3.93. The molecule has 0 amide bonds. The summed E-state index contributed by atoms with van der Waals surface area (Å²) < 4.78 is 104. The molecular weight excluding hydrogens is 683 g/mol. The molecule has 4 aromatic carbocycles. The number of hydrogen-bond donors (Lipinski definition) is 2. The fourth-order valence-corrected chi connectivity index (χ4v) is 5.99. The summed E-state index contributed by atoms with van der Waals surface area (Å²) in [5.74, 6) is -1.16. The fraction of sp³-hybridized carbons (Fsp3) is 0.0833. The Kier molecular flexibility index (Phi) is 14.6. The van der Waals surface area contributed by atoms with Gasteiger partial charge >= 0.3 is 88.7 Å². The van der Waals surface area contributed by atoms with Gasteiger partial charge in [-0.2, -0.15) is 18.6 Å². The van der Waals surface area contributed by atoms with Crippen LogP contribution in [0.1, 0.15) is 11.1 Å². The smallest absolute Gasteiger partial charge is 0.871 e. The molecule has 0 radical (unpaired) electrons. The molecule has 0 spiro atoms. The molecule has 0 fully saturated rings. The van der Waals surface area contributed by atoms with Crippen molar-refractivity contribution in [3.8, 4) is 5.75 Å². The topological polar surface area (TPSA) is 267 Å². The Bertz CT molecular complexity index is 2180. The zero-order valence-corrected chi connectivity index (χ0v) is 32.9. The maximum absolute atomic E-state index is 13.2. The van der Waals surface area contributed by atoms with E-state index in [1.165, 1.54) is 30.3 Å². The van der Waals surface area contributed by atoms with E-state index in [1.807, 2.05) is 0 Å². The van der Waals surface area contributed by atoms with Crippen molar-refractivity contribution < 1.29 is 133 Å². The van der Waals surface area contributed by atoms with Crippen molar-refractivity contribution in [2.75, 3.05) is 5.73 Å². The van der Waals surface area contributed by atoms with Gasteiger partial charge in [0.25, 0.3) is 10.1 Å². The average molecular weight is 702 g/mol. The summed E-state index contributed by atoms with van der Waals surface area (Å²) in [7, 11) is -15.3. The summed E-state index contributed by atoms with van der Waals surface area (Å²) in [6.45, 7) is 3.13. The summed E-state index contributed by atoms with van der Waals surface area (Å²) in [5.41, 5.74) is 5.20. The molecule has 0 saturated heterocycles. The second-order valence-electron chi connectivity index (χ2n) is 8.81. The van der Waals surface area contributed by atoms with E-state index in [4.69, 9.17) is 5.73 Å². The van der Waals surface area contributed by atoms with E-state index < -0.39 is 72.9 Å². The predicted molar refractivity (Wildman–Crippen MR) is 144 cm³/mol. The van der Waals surface area contributed by atoms with Crippen LogP contribution in [0.2, 0.25) is 0 Å². The molecule has 45 heavy (non-hydrogen) atoms. The molecule has 15 nitrogen and oxygen atoms in total. The van der Waals surface area contributed by atoms with Gasteiger partial charge in [0.1, 0.15) is 30.8 Å². The van der Waals surface area contributed by atoms with Gasteiger partial charge in [0.2, 0.25) is 0 Å². The maximum Gasteiger partial charge on any atom is 1.00 e. The maximum atomic E-state index is 13.2. The number of benzene rings is 4. The molecule has 0 bridgehead atoms. The minimum atomic E-state index is -5.41. The van der Waals surface area contributed by atoms with E-state index in [9.17, 15) is 44.0 Å². The first-order chi connectivity index (χ1) is 19.4. The first-order valence-electron chi connectivity index (χ1n) is 11.4. The number of rotatable bonds is 7. The third kappa shape index (κ3) is 9.40. The molecule has 4 aromatic rings. The number of nitrogens with zero attached hydrogens (tertiary/aromatic N) is 4. The predicted octanol–water partition coefficient (Wildman–Crippen LogP) is -4.99. The van der Waals surface area contributed by atoms with Crippen LogP contribution in [0.3, 0.4) is 0 Å². The number of nitrogens with two attached hydrogens (primary N) is 1. The minimum absolute atomic E-state index is 0. The Balaban J connectivity index is 0.00000337. The van der Waals surface area contributed by atoms with Crippen molar-refractivity contribution in [3.05, 3.63) is 65.7 Å². The summed E-state index contributed by atoms with van der Waals surface area (Å²) in [5, 5.41) is 27.6. The molecule has 3 N–H and O–H groups in total. The molecule has 4 rings (SSSR count). The average Bonchev–Trinajstić information content (AvgIpc) is 2.86. The zero-order chi connectivity index (χ0) is 31.2. The van der Waals surface area contributed by atoms with Crippen LogP contribution in [-0.4, -0.2) is 38.9 Å². The van der Waals surface area contributed by atoms with Crippen LogP contribution < -0.4 is 99.5 Å². The Morgan fingerprint density at radius 3 is 1.67 bits per heavy atom. The molecule has 0 aliphatic rings. The summed E-state index contributed by atoms with van der Waals surface area (Å²) in [6, 6.07) is 10.8. The SMILES string of the molecule is Cc1cc(N=Nc2c(S(=O)(=O)[O-])cc3c(S(=O)(=O)O)c(N)ccc3c2[O-])c(C)cc1N=Nc1ccccc1S(=O)(=O)[O-].[Na+].[Na+].[Na+]. The van der Waals surface area contributed by atoms with E-state index in [2.05, 4.69) is 20.5 Å². The Morgan fingerprint density at radius 2 is 1.16 bits per heavy atom. The van der Waals surface area contributed by atoms with Gasteiger partial charge in [0.05, 0.1) is 32.5 Å². The molecule has 0 aliphatic carbocycles. The van der Waals surface area contributed by atoms with Gasteiger partial charge < -0.3 is 19.9 Å². The second kappa shape index (κ2) is 15.7. The molecule has 0 saturated carbocycles. The minimum Gasteiger partial charge on any atom is -0.871 e. The van der Waals surface area contributed by atoms with Crippen LogP contribution in [0.5, 0.6) is 5.75 Å². The van der Waals surface area contributed by atoms with Crippen LogP contribution in [0.15, 0.2) is 89.7 Å². The molecule has 0 aliphatic heterocycles. The third-order valence-corrected chi connectivity index (χ3v) is 8.60. The molecule has 0 atom stereocenters. The van der Waals surface area contributed by atoms with Gasteiger partial charge in [-0.3, -0.25) is 4.55 Å². The largest absolute Gasteiger partial charge is 1.00 e. The number of anilines is 1. The summed E-state index contributed by atoms with van der Waals surface area (Å²) in [4.78, 5) is -2.70. The monoisotopic (exact) mass is 701 g/mol. The van der Waals surface area contributed by atoms with E-state index in [0.717, 1.165) is 18.2 Å². The Labute approximate surface area is 324 Å². The van der Waals surface area contributed by atoms with Crippen molar-refractivity contribution in [2.24, 2.45) is 20.5 Å². The Morgan fingerprint density at radius 1 is 0.667 bits per heavy atom. The number of aryl methyl sites for hydroxylation is 2. The van der Waals surface area contributed by atoms with Gasteiger partial charge in [-0.05, 0) is 66.8 Å². The standard InChI is InChI=1S/C24H21N5O10S3.3Na/c1-12-10-19(13(2)9-18(12)27-26-17-5-3-4-6-20(17)40(31,32)33)28-29-22-21(41(34,35)36)11-15-14(23(22)30)7-8-16(25)24(15)42(37,38)39;;;/h3-11,30H,25H2,1-2H3,(H,31,32,33)(H,34,35,36)(H,37,38,39);;;/q;3*+1/p-3. The van der Waals surface area contributed by atoms with Crippen molar-refractivity contribution in [1.82, 2.24) is 0 Å². The molecule has 0 heterocycles. The molecule has 21 heteroatoms. The van der Waals surface area contributed by atoms with Crippen molar-refractivity contribution in [2.45, 2.75) is 28.5 Å². The van der Waals surface area contributed by atoms with Crippen LogP contribution >= 0.6 is 0 Å². The van der Waals surface area contributed by atoms with Crippen molar-refractivity contribution in [1.29, 1.82) is 0 Å². The van der Waals surface area contributed by atoms with Crippen molar-refractivity contribution >= 4 is 69.6 Å². The van der Waals surface area contributed by atoms with Gasteiger partial charge in [0, 0.05) is 5.39 Å².